The van der Waals surface area contributed by atoms with Gasteiger partial charge in [-0.2, -0.15) is 0 Å². The highest BCUT2D eigenvalue weighted by molar-refractivity contribution is 6.30. The number of aliphatic hydroxyl groups is 1. The number of nitrogens with zero attached hydrogens (tertiary/aromatic N) is 2. The van der Waals surface area contributed by atoms with Crippen molar-refractivity contribution in [1.29, 1.82) is 0 Å². The fourth-order valence-electron chi connectivity index (χ4n) is 4.97. The lowest BCUT2D eigenvalue weighted by Gasteiger charge is -2.47. The molecule has 1 amide bonds. The summed E-state index contributed by atoms with van der Waals surface area (Å²) in [5.41, 5.74) is 6.63. The van der Waals surface area contributed by atoms with Gasteiger partial charge in [0.2, 0.25) is 0 Å². The Labute approximate surface area is 178 Å². The third-order valence-electron chi connectivity index (χ3n) is 6.43. The molecule has 3 aliphatic rings. The molecule has 1 spiro atoms. The number of guanidine groups is 1. The Kier molecular flexibility index (Phi) is 4.31. The SMILES string of the molecule is CN1C(=O)[C@]2(N=C1N)c1cc(-c3cc(F)cc(Cl)c3)ccc1O[C@H]1CCC(O)C[C@H]12. The molecule has 2 aromatic carbocycles. The van der Waals surface area contributed by atoms with Crippen LogP contribution < -0.4 is 10.5 Å². The van der Waals surface area contributed by atoms with Crippen LogP contribution in [0.3, 0.4) is 0 Å². The Bertz CT molecular complexity index is 1070. The van der Waals surface area contributed by atoms with E-state index < -0.39 is 17.5 Å². The van der Waals surface area contributed by atoms with Crippen molar-refractivity contribution in [2.24, 2.45) is 16.6 Å². The summed E-state index contributed by atoms with van der Waals surface area (Å²) in [6, 6.07) is 9.68. The number of carbonyl (C=O) groups is 1. The Morgan fingerprint density at radius 3 is 2.77 bits per heavy atom. The van der Waals surface area contributed by atoms with Crippen LogP contribution in [0.5, 0.6) is 5.75 Å². The molecule has 30 heavy (non-hydrogen) atoms. The second kappa shape index (κ2) is 6.68. The minimum atomic E-state index is -1.27. The van der Waals surface area contributed by atoms with Crippen molar-refractivity contribution in [2.75, 3.05) is 7.05 Å². The second-order valence-electron chi connectivity index (χ2n) is 8.20. The molecule has 1 aliphatic carbocycles. The number of nitrogens with two attached hydrogens (primary N) is 1. The number of aliphatic hydroxyl groups excluding tert-OH is 1. The molecular formula is C22H21ClFN3O3. The minimum Gasteiger partial charge on any atom is -0.490 e. The van der Waals surface area contributed by atoms with Crippen LogP contribution in [-0.4, -0.2) is 41.1 Å². The highest BCUT2D eigenvalue weighted by atomic mass is 35.5. The van der Waals surface area contributed by atoms with Crippen LogP contribution in [0.15, 0.2) is 41.4 Å². The molecule has 0 aromatic heterocycles. The largest absolute Gasteiger partial charge is 0.490 e. The number of benzene rings is 2. The molecule has 5 rings (SSSR count). The summed E-state index contributed by atoms with van der Waals surface area (Å²) < 4.78 is 20.2. The van der Waals surface area contributed by atoms with E-state index in [0.717, 1.165) is 0 Å². The smallest absolute Gasteiger partial charge is 0.262 e. The van der Waals surface area contributed by atoms with Crippen LogP contribution >= 0.6 is 11.6 Å². The molecule has 1 unspecified atom stereocenters. The molecule has 2 aromatic rings. The fraction of sp³-hybridized carbons (Fsp3) is 0.364. The topological polar surface area (TPSA) is 88.2 Å². The van der Waals surface area contributed by atoms with Gasteiger partial charge in [0.05, 0.1) is 6.10 Å². The van der Waals surface area contributed by atoms with E-state index in [1.807, 2.05) is 6.07 Å². The van der Waals surface area contributed by atoms with Crippen molar-refractivity contribution in [2.45, 2.75) is 37.0 Å². The molecule has 1 saturated carbocycles. The zero-order chi connectivity index (χ0) is 21.2. The van der Waals surface area contributed by atoms with Gasteiger partial charge < -0.3 is 15.6 Å². The maximum Gasteiger partial charge on any atom is 0.262 e. The number of aliphatic imine (C=N–C) groups is 1. The molecule has 1 fully saturated rings. The number of likely N-dealkylation sites (N-methyl/N-ethyl adjacent to an activating group) is 1. The van der Waals surface area contributed by atoms with Gasteiger partial charge >= 0.3 is 0 Å². The third-order valence-corrected chi connectivity index (χ3v) is 6.64. The first-order valence-electron chi connectivity index (χ1n) is 9.89. The molecule has 4 atom stereocenters. The van der Waals surface area contributed by atoms with Gasteiger partial charge in [0.25, 0.3) is 5.91 Å². The van der Waals surface area contributed by atoms with E-state index in [1.54, 1.807) is 25.2 Å². The maximum atomic E-state index is 13.9. The maximum absolute atomic E-state index is 13.9. The van der Waals surface area contributed by atoms with Gasteiger partial charge in [-0.05, 0) is 60.7 Å². The Balaban J connectivity index is 1.72. The summed E-state index contributed by atoms with van der Waals surface area (Å²) in [5, 5.41) is 10.6. The first kappa shape index (κ1) is 19.3. The summed E-state index contributed by atoms with van der Waals surface area (Å²) in [6.07, 6.45) is 0.836. The van der Waals surface area contributed by atoms with Gasteiger partial charge in [0.1, 0.15) is 17.7 Å². The molecule has 0 radical (unpaired) electrons. The van der Waals surface area contributed by atoms with E-state index in [-0.39, 0.29) is 28.9 Å². The zero-order valence-corrected chi connectivity index (χ0v) is 17.1. The normalized spacial score (nSPS) is 30.0. The van der Waals surface area contributed by atoms with Gasteiger partial charge in [0.15, 0.2) is 11.5 Å². The van der Waals surface area contributed by atoms with E-state index in [1.165, 1.54) is 17.0 Å². The van der Waals surface area contributed by atoms with Crippen LogP contribution in [0.4, 0.5) is 4.39 Å². The molecule has 2 aliphatic heterocycles. The summed E-state index contributed by atoms with van der Waals surface area (Å²) >= 11 is 6.04. The Hall–Kier alpha value is -2.64. The molecule has 0 saturated heterocycles. The molecule has 6 nitrogen and oxygen atoms in total. The lowest BCUT2D eigenvalue weighted by atomic mass is 9.66. The first-order valence-corrected chi connectivity index (χ1v) is 10.3. The van der Waals surface area contributed by atoms with Gasteiger partial charge in [-0.15, -0.1) is 0 Å². The average molecular weight is 430 g/mol. The van der Waals surface area contributed by atoms with E-state index in [4.69, 9.17) is 22.1 Å². The fourth-order valence-corrected chi connectivity index (χ4v) is 5.20. The number of ether oxygens (including phenoxy) is 1. The number of hydrogen-bond donors (Lipinski definition) is 2. The van der Waals surface area contributed by atoms with E-state index in [9.17, 15) is 14.3 Å². The van der Waals surface area contributed by atoms with Crippen LogP contribution in [0.25, 0.3) is 11.1 Å². The van der Waals surface area contributed by atoms with E-state index in [0.29, 0.717) is 41.7 Å². The number of fused-ring (bicyclic) bond motifs is 4. The summed E-state index contributed by atoms with van der Waals surface area (Å²) in [7, 11) is 1.59. The average Bonchev–Trinajstić information content (AvgIpc) is 2.93. The number of amides is 1. The van der Waals surface area contributed by atoms with Crippen LogP contribution in [-0.2, 0) is 10.3 Å². The second-order valence-corrected chi connectivity index (χ2v) is 8.64. The standard InChI is InChI=1S/C22H21ClFN3O3/c1-27-20(29)22(26-21(27)25)16-8-11(12-6-13(23)9-14(24)7-12)2-4-18(16)30-19-5-3-15(28)10-17(19)22/h2,4,6-9,15,17,19,28H,3,5,10H2,1H3,(H2,25,26)/t15?,17-,19+,22+/m1/s1. The van der Waals surface area contributed by atoms with Crippen LogP contribution in [0, 0.1) is 11.7 Å². The van der Waals surface area contributed by atoms with E-state index >= 15 is 0 Å². The number of rotatable bonds is 1. The molecular weight excluding hydrogens is 409 g/mol. The summed E-state index contributed by atoms with van der Waals surface area (Å²) in [5.74, 6) is -0.361. The van der Waals surface area contributed by atoms with Crippen molar-refractivity contribution in [3.8, 4) is 16.9 Å². The van der Waals surface area contributed by atoms with Crippen molar-refractivity contribution < 1.29 is 19.0 Å². The lowest BCUT2D eigenvalue weighted by Crippen LogP contribution is -2.55. The van der Waals surface area contributed by atoms with Crippen molar-refractivity contribution >= 4 is 23.5 Å². The molecule has 0 bridgehead atoms. The van der Waals surface area contributed by atoms with Crippen LogP contribution in [0.2, 0.25) is 5.02 Å². The van der Waals surface area contributed by atoms with Crippen molar-refractivity contribution in [1.82, 2.24) is 4.90 Å². The van der Waals surface area contributed by atoms with E-state index in [2.05, 4.69) is 4.99 Å². The Morgan fingerprint density at radius 2 is 2.07 bits per heavy atom. The summed E-state index contributed by atoms with van der Waals surface area (Å²) in [4.78, 5) is 19.5. The van der Waals surface area contributed by atoms with Crippen molar-refractivity contribution in [3.63, 3.8) is 0 Å². The summed E-state index contributed by atoms with van der Waals surface area (Å²) in [6.45, 7) is 0. The van der Waals surface area contributed by atoms with Gasteiger partial charge in [0, 0.05) is 23.6 Å². The first-order chi connectivity index (χ1) is 14.3. The monoisotopic (exact) mass is 429 g/mol. The predicted octanol–water partition coefficient (Wildman–Crippen LogP) is 3.05. The molecule has 3 N–H and O–H groups in total. The minimum absolute atomic E-state index is 0.130. The quantitative estimate of drug-likeness (QED) is 0.729. The van der Waals surface area contributed by atoms with Crippen molar-refractivity contribution in [3.05, 3.63) is 52.8 Å². The lowest BCUT2D eigenvalue weighted by molar-refractivity contribution is -0.138. The van der Waals surface area contributed by atoms with Gasteiger partial charge in [-0.1, -0.05) is 17.7 Å². The van der Waals surface area contributed by atoms with Gasteiger partial charge in [-0.25, -0.2) is 9.38 Å². The van der Waals surface area contributed by atoms with Gasteiger partial charge in [-0.3, -0.25) is 9.69 Å². The predicted molar refractivity (Wildman–Crippen MR) is 111 cm³/mol. The molecule has 8 heteroatoms. The number of carbonyl (C=O) groups excluding carboxylic acids is 1. The highest BCUT2D eigenvalue weighted by Crippen LogP contribution is 2.53. The Morgan fingerprint density at radius 1 is 1.27 bits per heavy atom. The third kappa shape index (κ3) is 2.72. The molecule has 2 heterocycles. The van der Waals surface area contributed by atoms with Crippen LogP contribution in [0.1, 0.15) is 24.8 Å². The zero-order valence-electron chi connectivity index (χ0n) is 16.3. The highest BCUT2D eigenvalue weighted by Gasteiger charge is 2.60. The molecule has 156 valence electrons. The number of hydrogen-bond acceptors (Lipinski definition) is 5. The number of halogens is 2.